The van der Waals surface area contributed by atoms with Crippen molar-refractivity contribution >= 4 is 0 Å². The summed E-state index contributed by atoms with van der Waals surface area (Å²) in [5.74, 6) is 4.33. The predicted molar refractivity (Wildman–Crippen MR) is 120 cm³/mol. The van der Waals surface area contributed by atoms with Gasteiger partial charge in [0.05, 0.1) is 0 Å². The highest BCUT2D eigenvalue weighted by molar-refractivity contribution is 5.38. The highest BCUT2D eigenvalue weighted by atomic mass is 14.6. The largest absolute Gasteiger partial charge is 0.0852 e. The Morgan fingerprint density at radius 3 is 2.50 bits per heavy atom. The second-order valence-electron chi connectivity index (χ2n) is 11.2. The van der Waals surface area contributed by atoms with Crippen LogP contribution in [0.2, 0.25) is 0 Å². The molecule has 0 unspecified atom stereocenters. The average Bonchev–Trinajstić information content (AvgIpc) is 3.02. The van der Waals surface area contributed by atoms with E-state index in [1.807, 2.05) is 0 Å². The Bertz CT molecular complexity index is 779. The van der Waals surface area contributed by atoms with Crippen molar-refractivity contribution < 1.29 is 0 Å². The average molecular weight is 377 g/mol. The standard InChI is InChI=1S/C28H40/c1-19(2)20(3)10-11-21(4)24-14-15-25-23-13-12-22-9-7-8-17-27(22,5)26(23)16-18-28(24,25)6/h7,9-11,19-21,24-26H,8,14-18H2,1-6H3/t20-,21+,24+,25-,26-,27-,28+/m0/s1. The molecule has 0 radical (unpaired) electrons. The maximum absolute atomic E-state index is 3.73. The Morgan fingerprint density at radius 2 is 1.75 bits per heavy atom. The summed E-state index contributed by atoms with van der Waals surface area (Å²) in [5, 5.41) is 0. The third kappa shape index (κ3) is 3.05. The van der Waals surface area contributed by atoms with Crippen molar-refractivity contribution in [3.8, 4) is 0 Å². The molecular formula is C28H40. The molecule has 0 bridgehead atoms. The SMILES string of the molecule is CC(C)[C@@H](C)C=C[C@@H](C)[C@H]1CC[C@H]2C3=C=C=C4C=CCC[C@]4(C)[C@H]3CC[C@]12C. The number of rotatable bonds is 4. The first-order valence-electron chi connectivity index (χ1n) is 11.9. The van der Waals surface area contributed by atoms with Gasteiger partial charge in [0.15, 0.2) is 0 Å². The van der Waals surface area contributed by atoms with Gasteiger partial charge in [-0.2, -0.15) is 0 Å². The van der Waals surface area contributed by atoms with Crippen molar-refractivity contribution in [1.82, 2.24) is 0 Å². The second kappa shape index (κ2) is 7.23. The molecule has 2 fully saturated rings. The first-order chi connectivity index (χ1) is 13.3. The molecule has 0 aromatic carbocycles. The monoisotopic (exact) mass is 376 g/mol. The molecule has 7 atom stereocenters. The van der Waals surface area contributed by atoms with E-state index in [9.17, 15) is 0 Å². The van der Waals surface area contributed by atoms with Crippen LogP contribution < -0.4 is 0 Å². The van der Waals surface area contributed by atoms with Gasteiger partial charge in [0, 0.05) is 11.0 Å². The van der Waals surface area contributed by atoms with Crippen molar-refractivity contribution in [2.75, 3.05) is 0 Å². The summed E-state index contributed by atoms with van der Waals surface area (Å²) in [6.07, 6.45) is 17.7. The summed E-state index contributed by atoms with van der Waals surface area (Å²) in [4.78, 5) is 0. The fraction of sp³-hybridized carbons (Fsp3) is 0.714. The summed E-state index contributed by atoms with van der Waals surface area (Å²) in [5.41, 5.74) is 11.2. The van der Waals surface area contributed by atoms with Crippen LogP contribution in [0.5, 0.6) is 0 Å². The quantitative estimate of drug-likeness (QED) is 0.345. The second-order valence-corrected chi connectivity index (χ2v) is 11.2. The van der Waals surface area contributed by atoms with Gasteiger partial charge in [0.25, 0.3) is 0 Å². The van der Waals surface area contributed by atoms with Gasteiger partial charge in [0.1, 0.15) is 0 Å². The molecule has 0 aromatic heterocycles. The van der Waals surface area contributed by atoms with E-state index in [2.05, 4.69) is 77.3 Å². The minimum absolute atomic E-state index is 0.312. The Morgan fingerprint density at radius 1 is 0.964 bits per heavy atom. The van der Waals surface area contributed by atoms with E-state index in [4.69, 9.17) is 0 Å². The molecule has 4 aliphatic carbocycles. The number of fused-ring (bicyclic) bond motifs is 5. The Balaban J connectivity index is 1.61. The van der Waals surface area contributed by atoms with Gasteiger partial charge in [-0.15, -0.1) is 0 Å². The van der Waals surface area contributed by atoms with E-state index in [1.165, 1.54) is 44.1 Å². The van der Waals surface area contributed by atoms with Crippen LogP contribution in [0.25, 0.3) is 0 Å². The third-order valence-electron chi connectivity index (χ3n) is 9.38. The van der Waals surface area contributed by atoms with E-state index in [0.29, 0.717) is 28.6 Å². The lowest BCUT2D eigenvalue weighted by Gasteiger charge is -2.52. The topological polar surface area (TPSA) is 0 Å². The molecule has 0 saturated heterocycles. The van der Waals surface area contributed by atoms with Gasteiger partial charge in [-0.1, -0.05) is 77.3 Å². The Labute approximate surface area is 173 Å². The molecule has 2 saturated carbocycles. The summed E-state index contributed by atoms with van der Waals surface area (Å²) in [6.45, 7) is 14.6. The van der Waals surface area contributed by atoms with E-state index in [0.717, 1.165) is 17.8 Å². The van der Waals surface area contributed by atoms with Crippen LogP contribution in [0.15, 0.2) is 46.9 Å². The Kier molecular flexibility index (Phi) is 5.18. The smallest absolute Gasteiger partial charge is 0.00860 e. The first kappa shape index (κ1) is 20.1. The number of hydrogen-bond donors (Lipinski definition) is 0. The minimum atomic E-state index is 0.312. The molecule has 0 aliphatic heterocycles. The molecule has 28 heavy (non-hydrogen) atoms. The molecule has 0 heteroatoms. The van der Waals surface area contributed by atoms with Crippen LogP contribution in [0, 0.1) is 46.3 Å². The zero-order chi connectivity index (χ0) is 20.1. The van der Waals surface area contributed by atoms with Gasteiger partial charge >= 0.3 is 0 Å². The summed E-state index contributed by atoms with van der Waals surface area (Å²) >= 11 is 0. The number of allylic oxidation sites excluding steroid dienone is 6. The number of hydrogen-bond acceptors (Lipinski definition) is 0. The van der Waals surface area contributed by atoms with Gasteiger partial charge in [-0.05, 0) is 85.0 Å². The lowest BCUT2D eigenvalue weighted by Crippen LogP contribution is -2.44. The third-order valence-corrected chi connectivity index (χ3v) is 9.38. The first-order valence-corrected chi connectivity index (χ1v) is 11.9. The maximum Gasteiger partial charge on any atom is 0.00860 e. The molecule has 0 amide bonds. The summed E-state index contributed by atoms with van der Waals surface area (Å²) < 4.78 is 0. The van der Waals surface area contributed by atoms with Gasteiger partial charge in [-0.25, -0.2) is 0 Å². The van der Waals surface area contributed by atoms with Crippen LogP contribution in [0.3, 0.4) is 0 Å². The van der Waals surface area contributed by atoms with Crippen molar-refractivity contribution in [3.05, 3.63) is 46.9 Å². The lowest BCUT2D eigenvalue weighted by molar-refractivity contribution is 0.0642. The molecule has 0 N–H and O–H groups in total. The van der Waals surface area contributed by atoms with Crippen LogP contribution in [0.4, 0.5) is 0 Å². The predicted octanol–water partition coefficient (Wildman–Crippen LogP) is 7.89. The van der Waals surface area contributed by atoms with Crippen LogP contribution in [-0.4, -0.2) is 0 Å². The van der Waals surface area contributed by atoms with E-state index < -0.39 is 0 Å². The van der Waals surface area contributed by atoms with Gasteiger partial charge in [-0.3, -0.25) is 0 Å². The van der Waals surface area contributed by atoms with Gasteiger partial charge < -0.3 is 0 Å². The molecule has 4 rings (SSSR count). The normalized spacial score (nSPS) is 41.3. The zero-order valence-corrected chi connectivity index (χ0v) is 19.0. The van der Waals surface area contributed by atoms with Crippen molar-refractivity contribution in [2.24, 2.45) is 46.3 Å². The van der Waals surface area contributed by atoms with Crippen molar-refractivity contribution in [2.45, 2.75) is 80.1 Å². The zero-order valence-electron chi connectivity index (χ0n) is 19.0. The fourth-order valence-corrected chi connectivity index (χ4v) is 6.99. The Hall–Kier alpha value is -1.22. The molecule has 0 spiro atoms. The molecule has 4 aliphatic rings. The van der Waals surface area contributed by atoms with E-state index in [1.54, 1.807) is 5.57 Å². The molecule has 152 valence electrons. The van der Waals surface area contributed by atoms with Crippen LogP contribution >= 0.6 is 0 Å². The molecule has 0 heterocycles. The van der Waals surface area contributed by atoms with Crippen LogP contribution in [0.1, 0.15) is 80.1 Å². The van der Waals surface area contributed by atoms with Crippen molar-refractivity contribution in [3.63, 3.8) is 0 Å². The van der Waals surface area contributed by atoms with Crippen molar-refractivity contribution in [1.29, 1.82) is 0 Å². The molecule has 0 aromatic rings. The molecular weight excluding hydrogens is 336 g/mol. The van der Waals surface area contributed by atoms with E-state index in [-0.39, 0.29) is 0 Å². The summed E-state index contributed by atoms with van der Waals surface area (Å²) in [6, 6.07) is 0. The molecule has 0 nitrogen and oxygen atoms in total. The van der Waals surface area contributed by atoms with Crippen LogP contribution in [-0.2, 0) is 0 Å². The van der Waals surface area contributed by atoms with E-state index >= 15 is 0 Å². The highest BCUT2D eigenvalue weighted by Crippen LogP contribution is 2.64. The minimum Gasteiger partial charge on any atom is -0.0852 e. The lowest BCUT2D eigenvalue weighted by atomic mass is 9.51. The summed E-state index contributed by atoms with van der Waals surface area (Å²) in [7, 11) is 0. The van der Waals surface area contributed by atoms with Gasteiger partial charge in [0.2, 0.25) is 0 Å². The maximum atomic E-state index is 3.73. The fourth-order valence-electron chi connectivity index (χ4n) is 6.99. The highest BCUT2D eigenvalue weighted by Gasteiger charge is 2.56.